The van der Waals surface area contributed by atoms with Gasteiger partial charge in [0.25, 0.3) is 0 Å². The number of ether oxygens (including phenoxy) is 1. The van der Waals surface area contributed by atoms with Crippen LogP contribution in [0.5, 0.6) is 0 Å². The molecule has 1 amide bonds. The normalized spacial score (nSPS) is 13.0. The first kappa shape index (κ1) is 22.0. The highest BCUT2D eigenvalue weighted by molar-refractivity contribution is 7.17. The number of carbonyl (C=O) groups excluding carboxylic acids is 2. The number of esters is 1. The summed E-state index contributed by atoms with van der Waals surface area (Å²) >= 11 is 1.71. The predicted octanol–water partition coefficient (Wildman–Crippen LogP) is 5.45. The molecule has 0 aliphatic heterocycles. The number of amides is 1. The van der Waals surface area contributed by atoms with E-state index in [1.807, 2.05) is 56.3 Å². The molecular formula is C25H29NO3S. The summed E-state index contributed by atoms with van der Waals surface area (Å²) in [4.78, 5) is 27.2. The van der Waals surface area contributed by atoms with Gasteiger partial charge in [0.1, 0.15) is 12.6 Å². The molecule has 1 aromatic heterocycles. The van der Waals surface area contributed by atoms with Gasteiger partial charge in [-0.3, -0.25) is 4.79 Å². The Bertz CT molecular complexity index is 982. The van der Waals surface area contributed by atoms with Crippen LogP contribution < -0.4 is 0 Å². The summed E-state index contributed by atoms with van der Waals surface area (Å²) < 4.78 is 6.86. The van der Waals surface area contributed by atoms with Crippen LogP contribution in [0, 0.1) is 5.92 Å². The second-order valence-corrected chi connectivity index (χ2v) is 8.55. The Balaban J connectivity index is 1.74. The van der Waals surface area contributed by atoms with E-state index in [4.69, 9.17) is 4.74 Å². The molecule has 0 aliphatic carbocycles. The van der Waals surface area contributed by atoms with E-state index in [0.29, 0.717) is 13.0 Å². The van der Waals surface area contributed by atoms with Crippen molar-refractivity contribution in [2.24, 2.45) is 5.92 Å². The highest BCUT2D eigenvalue weighted by Gasteiger charge is 2.33. The van der Waals surface area contributed by atoms with Crippen molar-refractivity contribution in [3.63, 3.8) is 0 Å². The third kappa shape index (κ3) is 5.28. The first-order valence-corrected chi connectivity index (χ1v) is 11.3. The van der Waals surface area contributed by atoms with Crippen LogP contribution in [0.1, 0.15) is 38.3 Å². The van der Waals surface area contributed by atoms with Gasteiger partial charge in [-0.15, -0.1) is 11.3 Å². The van der Waals surface area contributed by atoms with E-state index in [0.717, 1.165) is 12.0 Å². The molecule has 3 rings (SSSR count). The van der Waals surface area contributed by atoms with Gasteiger partial charge in [0.15, 0.2) is 0 Å². The van der Waals surface area contributed by atoms with Crippen molar-refractivity contribution in [1.29, 1.82) is 0 Å². The lowest BCUT2D eigenvalue weighted by Gasteiger charge is -2.33. The average Bonchev–Trinajstić information content (AvgIpc) is 3.18. The molecule has 0 N–H and O–H groups in total. The van der Waals surface area contributed by atoms with Crippen molar-refractivity contribution in [2.45, 2.75) is 46.3 Å². The largest absolute Gasteiger partial charge is 0.459 e. The molecule has 158 valence electrons. The first-order chi connectivity index (χ1) is 14.5. The Hall–Kier alpha value is -2.66. The maximum absolute atomic E-state index is 13.0. The minimum absolute atomic E-state index is 0.0105. The van der Waals surface area contributed by atoms with Crippen molar-refractivity contribution >= 4 is 33.3 Å². The lowest BCUT2D eigenvalue weighted by Crippen LogP contribution is -2.49. The SMILES string of the molecule is CCC(C)C(C(=O)OCc1ccccc1)N(CCc1csc2ccccc12)C(C)=O. The molecule has 2 aromatic carbocycles. The van der Waals surface area contributed by atoms with E-state index >= 15 is 0 Å². The van der Waals surface area contributed by atoms with E-state index in [9.17, 15) is 9.59 Å². The van der Waals surface area contributed by atoms with Gasteiger partial charge < -0.3 is 9.64 Å². The molecule has 0 spiro atoms. The smallest absolute Gasteiger partial charge is 0.329 e. The van der Waals surface area contributed by atoms with Crippen molar-refractivity contribution in [3.8, 4) is 0 Å². The summed E-state index contributed by atoms with van der Waals surface area (Å²) in [7, 11) is 0. The van der Waals surface area contributed by atoms with E-state index in [1.54, 1.807) is 16.2 Å². The summed E-state index contributed by atoms with van der Waals surface area (Å²) in [5, 5.41) is 3.37. The number of carbonyl (C=O) groups is 2. The molecule has 2 unspecified atom stereocenters. The maximum atomic E-state index is 13.0. The summed E-state index contributed by atoms with van der Waals surface area (Å²) in [5.41, 5.74) is 2.15. The van der Waals surface area contributed by atoms with Crippen LogP contribution in [-0.4, -0.2) is 29.4 Å². The van der Waals surface area contributed by atoms with E-state index in [1.165, 1.54) is 22.6 Å². The molecule has 0 bridgehead atoms. The van der Waals surface area contributed by atoms with Crippen LogP contribution >= 0.6 is 11.3 Å². The zero-order valence-electron chi connectivity index (χ0n) is 17.8. The molecule has 2 atom stereocenters. The summed E-state index contributed by atoms with van der Waals surface area (Å²) in [5.74, 6) is -0.425. The van der Waals surface area contributed by atoms with Crippen LogP contribution in [0.15, 0.2) is 60.0 Å². The van der Waals surface area contributed by atoms with Gasteiger partial charge in [-0.25, -0.2) is 4.79 Å². The molecule has 3 aromatic rings. The minimum atomic E-state index is -0.582. The van der Waals surface area contributed by atoms with Crippen LogP contribution in [0.4, 0.5) is 0 Å². The average molecular weight is 424 g/mol. The molecule has 1 heterocycles. The van der Waals surface area contributed by atoms with Gasteiger partial charge in [-0.1, -0.05) is 68.8 Å². The second-order valence-electron chi connectivity index (χ2n) is 7.64. The van der Waals surface area contributed by atoms with Crippen LogP contribution in [0.3, 0.4) is 0 Å². The number of nitrogens with zero attached hydrogens (tertiary/aromatic N) is 1. The molecule has 0 fully saturated rings. The van der Waals surface area contributed by atoms with Gasteiger partial charge >= 0.3 is 5.97 Å². The fraction of sp³-hybridized carbons (Fsp3) is 0.360. The molecule has 0 aliphatic rings. The van der Waals surface area contributed by atoms with Crippen LogP contribution in [0.25, 0.3) is 10.1 Å². The van der Waals surface area contributed by atoms with Crippen molar-refractivity contribution < 1.29 is 14.3 Å². The number of rotatable bonds is 9. The van der Waals surface area contributed by atoms with Gasteiger partial charge in [-0.2, -0.15) is 0 Å². The predicted molar refractivity (Wildman–Crippen MR) is 122 cm³/mol. The fourth-order valence-electron chi connectivity index (χ4n) is 3.66. The zero-order valence-corrected chi connectivity index (χ0v) is 18.7. The Morgan fingerprint density at radius 3 is 2.47 bits per heavy atom. The number of benzene rings is 2. The van der Waals surface area contributed by atoms with Crippen molar-refractivity contribution in [2.75, 3.05) is 6.54 Å². The van der Waals surface area contributed by atoms with E-state index in [2.05, 4.69) is 17.5 Å². The van der Waals surface area contributed by atoms with Gasteiger partial charge in [0.2, 0.25) is 5.91 Å². The number of hydrogen-bond acceptors (Lipinski definition) is 4. The van der Waals surface area contributed by atoms with E-state index in [-0.39, 0.29) is 24.4 Å². The summed E-state index contributed by atoms with van der Waals surface area (Å²) in [6.45, 7) is 6.28. The van der Waals surface area contributed by atoms with Gasteiger partial charge in [-0.05, 0) is 40.3 Å². The lowest BCUT2D eigenvalue weighted by atomic mass is 9.96. The first-order valence-electron chi connectivity index (χ1n) is 10.4. The van der Waals surface area contributed by atoms with E-state index < -0.39 is 6.04 Å². The molecule has 30 heavy (non-hydrogen) atoms. The monoisotopic (exact) mass is 423 g/mol. The molecule has 5 heteroatoms. The van der Waals surface area contributed by atoms with Crippen molar-refractivity contribution in [3.05, 3.63) is 71.1 Å². The minimum Gasteiger partial charge on any atom is -0.459 e. The standard InChI is InChI=1S/C25H29NO3S/c1-4-18(2)24(25(28)29-16-20-10-6-5-7-11-20)26(19(3)27)15-14-21-17-30-23-13-9-8-12-22(21)23/h5-13,17-18,24H,4,14-16H2,1-3H3. The topological polar surface area (TPSA) is 46.6 Å². The summed E-state index contributed by atoms with van der Waals surface area (Å²) in [6, 6.07) is 17.3. The van der Waals surface area contributed by atoms with Gasteiger partial charge in [0.05, 0.1) is 0 Å². The Morgan fingerprint density at radius 2 is 1.77 bits per heavy atom. The van der Waals surface area contributed by atoms with Crippen LogP contribution in [-0.2, 0) is 27.4 Å². The van der Waals surface area contributed by atoms with Gasteiger partial charge in [0, 0.05) is 18.2 Å². The third-order valence-corrected chi connectivity index (χ3v) is 6.58. The Morgan fingerprint density at radius 1 is 1.07 bits per heavy atom. The number of fused-ring (bicyclic) bond motifs is 1. The second kappa shape index (κ2) is 10.4. The highest BCUT2D eigenvalue weighted by Crippen LogP contribution is 2.27. The van der Waals surface area contributed by atoms with Crippen molar-refractivity contribution in [1.82, 2.24) is 4.90 Å². The summed E-state index contributed by atoms with van der Waals surface area (Å²) in [6.07, 6.45) is 1.50. The maximum Gasteiger partial charge on any atom is 0.329 e. The Labute approximate surface area is 182 Å². The van der Waals surface area contributed by atoms with Crippen LogP contribution in [0.2, 0.25) is 0 Å². The fourth-order valence-corrected chi connectivity index (χ4v) is 4.66. The molecule has 4 nitrogen and oxygen atoms in total. The molecule has 0 saturated carbocycles. The lowest BCUT2D eigenvalue weighted by molar-refractivity contribution is -0.158. The number of thiophene rings is 1. The quantitative estimate of drug-likeness (QED) is 0.430. The zero-order chi connectivity index (χ0) is 21.5. The highest BCUT2D eigenvalue weighted by atomic mass is 32.1. The number of hydrogen-bond donors (Lipinski definition) is 0. The molecule has 0 radical (unpaired) electrons. The Kier molecular flexibility index (Phi) is 7.63. The molecule has 0 saturated heterocycles. The molecular weight excluding hydrogens is 394 g/mol. The third-order valence-electron chi connectivity index (χ3n) is 5.57.